The maximum Gasteiger partial charge on any atom is 0.315 e. The van der Waals surface area contributed by atoms with Gasteiger partial charge in [-0.1, -0.05) is 0 Å². The van der Waals surface area contributed by atoms with Crippen LogP contribution in [0.1, 0.15) is 0 Å². The molecule has 0 aliphatic heterocycles. The van der Waals surface area contributed by atoms with Gasteiger partial charge in [0.15, 0.2) is 6.17 Å². The van der Waals surface area contributed by atoms with Crippen LogP contribution in [0, 0.1) is 6.42 Å². The van der Waals surface area contributed by atoms with Gasteiger partial charge >= 0.3 is 5.92 Å². The molecule has 1 rings (SSSR count). The zero-order chi connectivity index (χ0) is 8.86. The van der Waals surface area contributed by atoms with Crippen molar-refractivity contribution in [3.63, 3.8) is 0 Å². The molecule has 0 spiro atoms. The summed E-state index contributed by atoms with van der Waals surface area (Å²) in [5.41, 5.74) is 0. The van der Waals surface area contributed by atoms with Gasteiger partial charge in [-0.2, -0.15) is 8.78 Å². The summed E-state index contributed by atoms with van der Waals surface area (Å²) in [6.45, 7) is 0. The molecule has 0 amide bonds. The van der Waals surface area contributed by atoms with Crippen molar-refractivity contribution >= 4 is 0 Å². The second kappa shape index (κ2) is 2.04. The largest absolute Gasteiger partial charge is 0.315 e. The van der Waals surface area contributed by atoms with Crippen LogP contribution in [0.15, 0.2) is 0 Å². The highest BCUT2D eigenvalue weighted by Crippen LogP contribution is 2.47. The van der Waals surface area contributed by atoms with Crippen LogP contribution in [-0.4, -0.2) is 24.2 Å². The lowest BCUT2D eigenvalue weighted by atomic mass is 10.2. The lowest BCUT2D eigenvalue weighted by Gasteiger charge is -2.15. The van der Waals surface area contributed by atoms with Crippen molar-refractivity contribution in [2.45, 2.75) is 24.2 Å². The Hall–Kier alpha value is -0.420. The van der Waals surface area contributed by atoms with Gasteiger partial charge in [0.1, 0.15) is 0 Å². The third-order valence-corrected chi connectivity index (χ3v) is 1.41. The van der Waals surface area contributed by atoms with E-state index in [1.807, 2.05) is 0 Å². The Morgan fingerprint density at radius 3 is 1.55 bits per heavy atom. The van der Waals surface area contributed by atoms with E-state index in [1.54, 1.807) is 0 Å². The monoisotopic (exact) mass is 177 g/mol. The van der Waals surface area contributed by atoms with Gasteiger partial charge in [0.05, 0.1) is 6.42 Å². The van der Waals surface area contributed by atoms with E-state index in [4.69, 9.17) is 0 Å². The van der Waals surface area contributed by atoms with Crippen LogP contribution in [0.2, 0.25) is 0 Å². The third-order valence-electron chi connectivity index (χ3n) is 1.41. The van der Waals surface area contributed by atoms with Gasteiger partial charge in [-0.05, 0) is 0 Å². The molecule has 0 bridgehead atoms. The summed E-state index contributed by atoms with van der Waals surface area (Å²) in [7, 11) is 0. The molecular weight excluding hydrogens is 174 g/mol. The molecule has 2 atom stereocenters. The lowest BCUT2D eigenvalue weighted by molar-refractivity contribution is -0.140. The molecule has 0 aromatic carbocycles. The highest BCUT2D eigenvalue weighted by Gasteiger charge is 2.69. The second-order valence-electron chi connectivity index (χ2n) is 2.28. The Kier molecular flexibility index (Phi) is 1.61. The van der Waals surface area contributed by atoms with Crippen LogP contribution in [0.4, 0.5) is 26.3 Å². The van der Waals surface area contributed by atoms with Gasteiger partial charge in [0, 0.05) is 0 Å². The van der Waals surface area contributed by atoms with E-state index in [1.165, 1.54) is 0 Å². The number of hydrogen-bond donors (Lipinski definition) is 0. The van der Waals surface area contributed by atoms with Crippen LogP contribution in [0.5, 0.6) is 0 Å². The topological polar surface area (TPSA) is 0 Å². The molecular formula is C5H3F6. The maximum atomic E-state index is 12.0. The molecule has 0 N–H and O–H groups in total. The minimum Gasteiger partial charge on any atom is -0.240 e. The molecule has 0 aromatic rings. The van der Waals surface area contributed by atoms with Crippen molar-refractivity contribution < 1.29 is 26.3 Å². The molecule has 65 valence electrons. The summed E-state index contributed by atoms with van der Waals surface area (Å²) >= 11 is 0. The fourth-order valence-electron chi connectivity index (χ4n) is 0.787. The van der Waals surface area contributed by atoms with Gasteiger partial charge in [-0.15, -0.1) is 0 Å². The molecule has 1 radical (unpaired) electrons. The van der Waals surface area contributed by atoms with Crippen LogP contribution >= 0.6 is 0 Å². The Balaban J connectivity index is 2.89. The highest BCUT2D eigenvalue weighted by molar-refractivity contribution is 5.14. The first-order valence-corrected chi connectivity index (χ1v) is 2.68. The smallest absolute Gasteiger partial charge is 0.240 e. The van der Waals surface area contributed by atoms with Crippen LogP contribution in [0.3, 0.4) is 0 Å². The number of hydrogen-bond acceptors (Lipinski definition) is 0. The molecule has 6 heteroatoms. The molecule has 0 saturated heterocycles. The van der Waals surface area contributed by atoms with Crippen LogP contribution < -0.4 is 0 Å². The molecule has 1 saturated carbocycles. The summed E-state index contributed by atoms with van der Waals surface area (Å²) in [5, 5.41) is 0. The normalized spacial score (nSPS) is 40.9. The van der Waals surface area contributed by atoms with E-state index in [-0.39, 0.29) is 0 Å². The van der Waals surface area contributed by atoms with Gasteiger partial charge in [-0.3, -0.25) is 0 Å². The van der Waals surface area contributed by atoms with Gasteiger partial charge < -0.3 is 0 Å². The fourth-order valence-corrected chi connectivity index (χ4v) is 0.787. The maximum absolute atomic E-state index is 12.0. The van der Waals surface area contributed by atoms with E-state index in [2.05, 4.69) is 0 Å². The van der Waals surface area contributed by atoms with Gasteiger partial charge in [0.2, 0.25) is 6.17 Å². The molecule has 0 nitrogen and oxygen atoms in total. The van der Waals surface area contributed by atoms with Crippen molar-refractivity contribution in [3.8, 4) is 0 Å². The third kappa shape index (κ3) is 1.08. The zero-order valence-electron chi connectivity index (χ0n) is 5.00. The van der Waals surface area contributed by atoms with Crippen molar-refractivity contribution in [1.82, 2.24) is 0 Å². The molecule has 0 heterocycles. The predicted molar refractivity (Wildman–Crippen MR) is 24.0 cm³/mol. The average Bonchev–Trinajstić information content (AvgIpc) is 1.94. The second-order valence-corrected chi connectivity index (χ2v) is 2.28. The summed E-state index contributed by atoms with van der Waals surface area (Å²) < 4.78 is 71.7. The Morgan fingerprint density at radius 1 is 1.00 bits per heavy atom. The molecule has 11 heavy (non-hydrogen) atoms. The lowest BCUT2D eigenvalue weighted by Crippen LogP contribution is -2.37. The first-order chi connectivity index (χ1) is 4.78. The Labute approximate surface area is 58.2 Å². The Morgan fingerprint density at radius 2 is 1.45 bits per heavy atom. The highest BCUT2D eigenvalue weighted by atomic mass is 19.3. The van der Waals surface area contributed by atoms with Crippen LogP contribution in [0.25, 0.3) is 0 Å². The summed E-state index contributed by atoms with van der Waals surface area (Å²) in [5.74, 6) is -8.95. The molecule has 2 unspecified atom stereocenters. The first kappa shape index (κ1) is 8.67. The van der Waals surface area contributed by atoms with Crippen molar-refractivity contribution in [3.05, 3.63) is 6.42 Å². The van der Waals surface area contributed by atoms with Crippen molar-refractivity contribution in [2.75, 3.05) is 0 Å². The number of halogens is 6. The SMILES string of the molecule is FC1[CH]C(F)(F)C(F)C1(F)F. The molecule has 1 aliphatic carbocycles. The molecule has 1 aliphatic rings. The van der Waals surface area contributed by atoms with Gasteiger partial charge in [-0.25, -0.2) is 17.6 Å². The first-order valence-electron chi connectivity index (χ1n) is 2.68. The number of alkyl halides is 6. The fraction of sp³-hybridized carbons (Fsp3) is 0.800. The summed E-state index contributed by atoms with van der Waals surface area (Å²) in [4.78, 5) is 0. The summed E-state index contributed by atoms with van der Waals surface area (Å²) in [6.07, 6.45) is -7.56. The average molecular weight is 177 g/mol. The quantitative estimate of drug-likeness (QED) is 0.497. The van der Waals surface area contributed by atoms with Crippen molar-refractivity contribution in [1.29, 1.82) is 0 Å². The van der Waals surface area contributed by atoms with E-state index >= 15 is 0 Å². The summed E-state index contributed by atoms with van der Waals surface area (Å²) in [6, 6.07) is 0. The molecule has 0 aromatic heterocycles. The Bertz CT molecular complexity index is 164. The minimum absolute atomic E-state index is 0.613. The van der Waals surface area contributed by atoms with E-state index in [9.17, 15) is 26.3 Å². The van der Waals surface area contributed by atoms with E-state index in [0.29, 0.717) is 0 Å². The zero-order valence-corrected chi connectivity index (χ0v) is 5.00. The van der Waals surface area contributed by atoms with Crippen molar-refractivity contribution in [2.24, 2.45) is 0 Å². The van der Waals surface area contributed by atoms with E-state index < -0.39 is 30.6 Å². The van der Waals surface area contributed by atoms with Crippen LogP contribution in [-0.2, 0) is 0 Å². The molecule has 1 fully saturated rings. The van der Waals surface area contributed by atoms with E-state index in [0.717, 1.165) is 0 Å². The van der Waals surface area contributed by atoms with Gasteiger partial charge in [0.25, 0.3) is 5.92 Å². The number of rotatable bonds is 0. The minimum atomic E-state index is -4.59. The predicted octanol–water partition coefficient (Wildman–Crippen LogP) is 2.15. The standard InChI is InChI=1S/C5H3F6/c6-2-1-4(8,9)3(7)5(2,10)11/h1-3H.